The Bertz CT molecular complexity index is 1160. The molecule has 0 aliphatic carbocycles. The maximum atomic E-state index is 12.8. The van der Waals surface area contributed by atoms with Gasteiger partial charge < -0.3 is 9.15 Å². The van der Waals surface area contributed by atoms with E-state index in [1.54, 1.807) is 6.20 Å². The third kappa shape index (κ3) is 4.26. The number of oxazole rings is 1. The zero-order valence-electron chi connectivity index (χ0n) is 16.0. The Balaban J connectivity index is 1.47. The summed E-state index contributed by atoms with van der Waals surface area (Å²) in [7, 11) is -3.76. The molecule has 0 amide bonds. The molecule has 156 valence electrons. The second-order valence-corrected chi connectivity index (χ2v) is 9.13. The number of hydrogen-bond acceptors (Lipinski definition) is 6. The van der Waals surface area contributed by atoms with E-state index >= 15 is 0 Å². The quantitative estimate of drug-likeness (QED) is 0.529. The van der Waals surface area contributed by atoms with E-state index in [0.717, 1.165) is 18.4 Å². The molecule has 1 fully saturated rings. The number of aromatic nitrogens is 1. The molecule has 2 heterocycles. The van der Waals surface area contributed by atoms with E-state index in [1.165, 1.54) is 22.5 Å². The number of halogens is 1. The lowest BCUT2D eigenvalue weighted by Gasteiger charge is -2.17. The van der Waals surface area contributed by atoms with Crippen LogP contribution in [0.2, 0.25) is 5.02 Å². The molecule has 4 rings (SSSR count). The van der Waals surface area contributed by atoms with Gasteiger partial charge in [-0.25, -0.2) is 18.2 Å². The third-order valence-corrected chi connectivity index (χ3v) is 7.17. The van der Waals surface area contributed by atoms with Gasteiger partial charge >= 0.3 is 5.97 Å². The average Bonchev–Trinajstić information content (AvgIpc) is 3.45. The highest BCUT2D eigenvalue weighted by Crippen LogP contribution is 2.28. The third-order valence-electron chi connectivity index (χ3n) is 4.79. The number of carbonyl (C=O) groups is 1. The fourth-order valence-electron chi connectivity index (χ4n) is 3.22. The Morgan fingerprint density at radius 3 is 2.60 bits per heavy atom. The van der Waals surface area contributed by atoms with E-state index in [1.807, 2.05) is 30.3 Å². The summed E-state index contributed by atoms with van der Waals surface area (Å²) in [6, 6.07) is 13.5. The van der Waals surface area contributed by atoms with E-state index < -0.39 is 16.0 Å². The van der Waals surface area contributed by atoms with Gasteiger partial charge in [0, 0.05) is 18.7 Å². The lowest BCUT2D eigenvalue weighted by atomic mass is 10.2. The molecule has 7 nitrogen and oxygen atoms in total. The van der Waals surface area contributed by atoms with Crippen LogP contribution < -0.4 is 0 Å². The highest BCUT2D eigenvalue weighted by molar-refractivity contribution is 7.89. The van der Waals surface area contributed by atoms with Crippen molar-refractivity contribution in [2.45, 2.75) is 24.3 Å². The normalized spacial score (nSPS) is 14.7. The van der Waals surface area contributed by atoms with Crippen molar-refractivity contribution in [2.75, 3.05) is 13.1 Å². The van der Waals surface area contributed by atoms with Gasteiger partial charge in [0.15, 0.2) is 12.4 Å². The molecule has 0 saturated carbocycles. The molecule has 0 unspecified atom stereocenters. The molecule has 0 atom stereocenters. The molecule has 1 aliphatic rings. The zero-order chi connectivity index (χ0) is 21.1. The number of carbonyl (C=O) groups excluding carboxylic acids is 1. The van der Waals surface area contributed by atoms with E-state index in [-0.39, 0.29) is 28.0 Å². The summed E-state index contributed by atoms with van der Waals surface area (Å²) in [6.07, 6.45) is 3.17. The number of hydrogen-bond donors (Lipinski definition) is 0. The Morgan fingerprint density at radius 1 is 1.13 bits per heavy atom. The fraction of sp³-hybridized carbons (Fsp3) is 0.238. The molecular weight excluding hydrogens is 428 g/mol. The minimum Gasteiger partial charge on any atom is -0.452 e. The standard InChI is InChI=1S/C21H19ClN2O5S/c22-17-9-8-16(12-19(17)30(26,27)24-10-4-5-11-24)21(25)28-14-20-23-13-18(29-20)15-6-2-1-3-7-15/h1-3,6-9,12-13H,4-5,10-11,14H2. The minimum absolute atomic E-state index is 0.0682. The van der Waals surface area contributed by atoms with Gasteiger partial charge in [-0.05, 0) is 31.0 Å². The summed E-state index contributed by atoms with van der Waals surface area (Å²) in [4.78, 5) is 16.5. The first-order valence-corrected chi connectivity index (χ1v) is 11.2. The van der Waals surface area contributed by atoms with Crippen molar-refractivity contribution in [1.29, 1.82) is 0 Å². The first kappa shape index (κ1) is 20.6. The van der Waals surface area contributed by atoms with Gasteiger partial charge in [-0.15, -0.1) is 0 Å². The first-order chi connectivity index (χ1) is 14.4. The number of nitrogens with zero attached hydrogens (tertiary/aromatic N) is 2. The van der Waals surface area contributed by atoms with Gasteiger partial charge in [0.25, 0.3) is 0 Å². The van der Waals surface area contributed by atoms with E-state index in [2.05, 4.69) is 4.98 Å². The number of esters is 1. The monoisotopic (exact) mass is 446 g/mol. The molecule has 1 aliphatic heterocycles. The van der Waals surface area contributed by atoms with Crippen molar-refractivity contribution in [2.24, 2.45) is 0 Å². The maximum absolute atomic E-state index is 12.8. The van der Waals surface area contributed by atoms with Crippen LogP contribution in [0.1, 0.15) is 29.1 Å². The molecule has 0 bridgehead atoms. The van der Waals surface area contributed by atoms with Crippen LogP contribution in [0.25, 0.3) is 11.3 Å². The zero-order valence-corrected chi connectivity index (χ0v) is 17.5. The smallest absolute Gasteiger partial charge is 0.338 e. The summed E-state index contributed by atoms with van der Waals surface area (Å²) in [5, 5.41) is 0.0682. The largest absolute Gasteiger partial charge is 0.452 e. The van der Waals surface area contributed by atoms with Crippen LogP contribution in [0.5, 0.6) is 0 Å². The van der Waals surface area contributed by atoms with Gasteiger partial charge in [-0.1, -0.05) is 41.9 Å². The molecule has 0 N–H and O–H groups in total. The Labute approximate surface area is 179 Å². The summed E-state index contributed by atoms with van der Waals surface area (Å²) >= 11 is 6.11. The molecule has 3 aromatic rings. The Hall–Kier alpha value is -2.68. The second kappa shape index (κ2) is 8.59. The molecule has 1 aromatic heterocycles. The van der Waals surface area contributed by atoms with Crippen LogP contribution >= 0.6 is 11.6 Å². The second-order valence-electron chi connectivity index (χ2n) is 6.82. The highest BCUT2D eigenvalue weighted by Gasteiger charge is 2.30. The Kier molecular flexibility index (Phi) is 5.90. The minimum atomic E-state index is -3.76. The number of rotatable bonds is 6. The maximum Gasteiger partial charge on any atom is 0.338 e. The van der Waals surface area contributed by atoms with Crippen molar-refractivity contribution in [3.8, 4) is 11.3 Å². The van der Waals surface area contributed by atoms with Crippen LogP contribution in [0.3, 0.4) is 0 Å². The van der Waals surface area contributed by atoms with E-state index in [4.69, 9.17) is 20.8 Å². The number of ether oxygens (including phenoxy) is 1. The van der Waals surface area contributed by atoms with Crippen LogP contribution in [-0.4, -0.2) is 36.8 Å². The molecule has 0 radical (unpaired) electrons. The van der Waals surface area contributed by atoms with Gasteiger partial charge in [-0.3, -0.25) is 0 Å². The van der Waals surface area contributed by atoms with Crippen LogP contribution in [-0.2, 0) is 21.4 Å². The summed E-state index contributed by atoms with van der Waals surface area (Å²) < 4.78 is 37.9. The van der Waals surface area contributed by atoms with Crippen molar-refractivity contribution in [3.63, 3.8) is 0 Å². The lowest BCUT2D eigenvalue weighted by molar-refractivity contribution is 0.0438. The van der Waals surface area contributed by atoms with Crippen molar-refractivity contribution < 1.29 is 22.4 Å². The lowest BCUT2D eigenvalue weighted by Crippen LogP contribution is -2.28. The van der Waals surface area contributed by atoms with Gasteiger partial charge in [-0.2, -0.15) is 4.31 Å². The summed E-state index contributed by atoms with van der Waals surface area (Å²) in [5.41, 5.74) is 0.948. The number of sulfonamides is 1. The first-order valence-electron chi connectivity index (χ1n) is 9.42. The molecule has 9 heteroatoms. The predicted molar refractivity (Wildman–Crippen MR) is 111 cm³/mol. The van der Waals surface area contributed by atoms with Crippen molar-refractivity contribution in [3.05, 3.63) is 71.2 Å². The van der Waals surface area contributed by atoms with E-state index in [0.29, 0.717) is 18.8 Å². The van der Waals surface area contributed by atoms with E-state index in [9.17, 15) is 13.2 Å². The topological polar surface area (TPSA) is 89.7 Å². The average molecular weight is 447 g/mol. The van der Waals surface area contributed by atoms with Crippen LogP contribution in [0.4, 0.5) is 0 Å². The van der Waals surface area contributed by atoms with Gasteiger partial charge in [0.05, 0.1) is 16.8 Å². The summed E-state index contributed by atoms with van der Waals surface area (Å²) in [6.45, 7) is 0.713. The predicted octanol–water partition coefficient (Wildman–Crippen LogP) is 4.14. The molecule has 0 spiro atoms. The van der Waals surface area contributed by atoms with Gasteiger partial charge in [0.2, 0.25) is 15.9 Å². The fourth-order valence-corrected chi connectivity index (χ4v) is 5.24. The van der Waals surface area contributed by atoms with Crippen LogP contribution in [0, 0.1) is 0 Å². The molecule has 2 aromatic carbocycles. The molecule has 1 saturated heterocycles. The highest BCUT2D eigenvalue weighted by atomic mass is 35.5. The molecular formula is C21H19ClN2O5S. The van der Waals surface area contributed by atoms with Crippen LogP contribution in [0.15, 0.2) is 64.0 Å². The SMILES string of the molecule is O=C(OCc1ncc(-c2ccccc2)o1)c1ccc(Cl)c(S(=O)(=O)N2CCCC2)c1. The van der Waals surface area contributed by atoms with Crippen molar-refractivity contribution in [1.82, 2.24) is 9.29 Å². The summed E-state index contributed by atoms with van der Waals surface area (Å²) in [5.74, 6) is 0.109. The molecule has 30 heavy (non-hydrogen) atoms. The van der Waals surface area contributed by atoms with Crippen molar-refractivity contribution >= 4 is 27.6 Å². The van der Waals surface area contributed by atoms with Gasteiger partial charge in [0.1, 0.15) is 4.90 Å². The number of benzene rings is 2. The Morgan fingerprint density at radius 2 is 1.87 bits per heavy atom.